The summed E-state index contributed by atoms with van der Waals surface area (Å²) in [6, 6.07) is 17.2. The average molecular weight is 465 g/mol. The Balaban J connectivity index is 1.85. The first kappa shape index (κ1) is 22.2. The smallest absolute Gasteiger partial charge is 0.262 e. The number of ether oxygens (including phenoxy) is 3. The molecule has 1 N–H and O–H groups in total. The topological polar surface area (TPSA) is 78.8 Å². The van der Waals surface area contributed by atoms with Gasteiger partial charge in [-0.25, -0.2) is 0 Å². The maximum absolute atomic E-state index is 13.4. The largest absolute Gasteiger partial charge is 0.497 e. The van der Waals surface area contributed by atoms with Crippen LogP contribution in [0.3, 0.4) is 0 Å². The van der Waals surface area contributed by atoms with Gasteiger partial charge in [-0.1, -0.05) is 35.9 Å². The van der Waals surface area contributed by atoms with E-state index in [1.807, 2.05) is 0 Å². The Hall–Kier alpha value is -3.97. The molecular formula is C25H21ClN2O5. The van der Waals surface area contributed by atoms with E-state index in [4.69, 9.17) is 25.8 Å². The van der Waals surface area contributed by atoms with Gasteiger partial charge in [0.25, 0.3) is 11.5 Å². The highest BCUT2D eigenvalue weighted by Crippen LogP contribution is 2.36. The second-order valence-electron chi connectivity index (χ2n) is 7.11. The summed E-state index contributed by atoms with van der Waals surface area (Å²) < 4.78 is 17.3. The number of anilines is 1. The monoisotopic (exact) mass is 464 g/mol. The minimum absolute atomic E-state index is 0.250. The van der Waals surface area contributed by atoms with Crippen LogP contribution in [0.4, 0.5) is 5.69 Å². The lowest BCUT2D eigenvalue weighted by Gasteiger charge is -2.15. The zero-order valence-electron chi connectivity index (χ0n) is 18.2. The Labute approximate surface area is 195 Å². The van der Waals surface area contributed by atoms with Crippen molar-refractivity contribution in [2.45, 2.75) is 0 Å². The van der Waals surface area contributed by atoms with Crippen LogP contribution < -0.4 is 25.1 Å². The summed E-state index contributed by atoms with van der Waals surface area (Å²) in [5.41, 5.74) is 1.00. The molecule has 33 heavy (non-hydrogen) atoms. The van der Waals surface area contributed by atoms with E-state index in [-0.39, 0.29) is 5.56 Å². The fourth-order valence-corrected chi connectivity index (χ4v) is 3.81. The molecule has 0 atom stereocenters. The zero-order valence-corrected chi connectivity index (χ0v) is 19.0. The van der Waals surface area contributed by atoms with Crippen molar-refractivity contribution < 1.29 is 19.0 Å². The Morgan fingerprint density at radius 3 is 2.30 bits per heavy atom. The van der Waals surface area contributed by atoms with Gasteiger partial charge in [0.05, 0.1) is 43.3 Å². The number of methoxy groups -OCH3 is 3. The maximum Gasteiger partial charge on any atom is 0.262 e. The summed E-state index contributed by atoms with van der Waals surface area (Å²) in [6.07, 6.45) is 1.52. The van der Waals surface area contributed by atoms with Crippen molar-refractivity contribution in [3.63, 3.8) is 0 Å². The van der Waals surface area contributed by atoms with Gasteiger partial charge in [-0.3, -0.25) is 14.2 Å². The van der Waals surface area contributed by atoms with Crippen LogP contribution in [0.15, 0.2) is 71.7 Å². The molecule has 0 bridgehead atoms. The molecule has 0 aliphatic heterocycles. The molecule has 0 aliphatic rings. The normalized spacial score (nSPS) is 10.7. The number of aromatic nitrogens is 1. The Kier molecular flexibility index (Phi) is 6.24. The molecule has 0 unspecified atom stereocenters. The molecule has 1 aromatic heterocycles. The summed E-state index contributed by atoms with van der Waals surface area (Å²) >= 11 is 6.25. The fraction of sp³-hybridized carbons (Fsp3) is 0.120. The number of fused-ring (bicyclic) bond motifs is 1. The summed E-state index contributed by atoms with van der Waals surface area (Å²) in [5, 5.41) is 4.09. The molecular weight excluding hydrogens is 444 g/mol. The molecule has 0 fully saturated rings. The minimum atomic E-state index is -0.428. The number of hydrogen-bond donors (Lipinski definition) is 1. The first-order valence-electron chi connectivity index (χ1n) is 9.98. The molecule has 168 valence electrons. The molecule has 0 radical (unpaired) electrons. The van der Waals surface area contributed by atoms with Crippen LogP contribution in [0.1, 0.15) is 10.4 Å². The van der Waals surface area contributed by atoms with Gasteiger partial charge in [0.1, 0.15) is 17.2 Å². The van der Waals surface area contributed by atoms with Gasteiger partial charge >= 0.3 is 0 Å². The van der Waals surface area contributed by atoms with Crippen molar-refractivity contribution in [2.24, 2.45) is 0 Å². The summed E-state index contributed by atoms with van der Waals surface area (Å²) in [4.78, 5) is 26.6. The van der Waals surface area contributed by atoms with Crippen molar-refractivity contribution in [1.29, 1.82) is 0 Å². The van der Waals surface area contributed by atoms with Crippen molar-refractivity contribution >= 4 is 34.0 Å². The van der Waals surface area contributed by atoms with Crippen molar-refractivity contribution in [2.75, 3.05) is 26.6 Å². The number of amides is 1. The predicted molar refractivity (Wildman–Crippen MR) is 129 cm³/mol. The lowest BCUT2D eigenvalue weighted by Crippen LogP contribution is -2.22. The maximum atomic E-state index is 13.4. The number of nitrogens with zero attached hydrogens (tertiary/aromatic N) is 1. The number of nitrogens with one attached hydrogen (secondary N) is 1. The number of halogens is 1. The molecule has 0 aliphatic carbocycles. The molecule has 4 rings (SSSR count). The van der Waals surface area contributed by atoms with Gasteiger partial charge < -0.3 is 19.5 Å². The van der Waals surface area contributed by atoms with Gasteiger partial charge in [-0.2, -0.15) is 0 Å². The van der Waals surface area contributed by atoms with Crippen LogP contribution in [-0.4, -0.2) is 31.8 Å². The highest BCUT2D eigenvalue weighted by atomic mass is 35.5. The van der Waals surface area contributed by atoms with E-state index in [2.05, 4.69) is 5.32 Å². The number of benzene rings is 3. The van der Waals surface area contributed by atoms with E-state index in [0.29, 0.717) is 50.0 Å². The standard InChI is InChI=1S/C25H21ClN2O5/c1-31-16-8-6-7-15(11-16)28-14-19(17-9-4-5-10-18(17)25(28)30)24(29)27-21-12-20(26)22(32-2)13-23(21)33-3/h4-14H,1-3H3,(H,27,29). The molecule has 0 saturated heterocycles. The third-order valence-corrected chi connectivity index (χ3v) is 5.52. The van der Waals surface area contributed by atoms with Gasteiger partial charge in [0.15, 0.2) is 0 Å². The lowest BCUT2D eigenvalue weighted by atomic mass is 10.1. The van der Waals surface area contributed by atoms with Gasteiger partial charge in [0, 0.05) is 29.1 Å². The molecule has 7 nitrogen and oxygen atoms in total. The fourth-order valence-electron chi connectivity index (χ4n) is 3.57. The third kappa shape index (κ3) is 4.23. The first-order chi connectivity index (χ1) is 16.0. The molecule has 1 amide bonds. The molecule has 3 aromatic carbocycles. The van der Waals surface area contributed by atoms with E-state index >= 15 is 0 Å². The van der Waals surface area contributed by atoms with Crippen LogP contribution in [0.2, 0.25) is 5.02 Å². The average Bonchev–Trinajstić information content (AvgIpc) is 2.84. The van der Waals surface area contributed by atoms with Crippen molar-refractivity contribution in [3.8, 4) is 22.9 Å². The minimum Gasteiger partial charge on any atom is -0.497 e. The molecule has 0 saturated carbocycles. The molecule has 8 heteroatoms. The highest BCUT2D eigenvalue weighted by Gasteiger charge is 2.18. The number of carbonyl (C=O) groups excluding carboxylic acids is 1. The Morgan fingerprint density at radius 2 is 1.61 bits per heavy atom. The number of rotatable bonds is 6. The molecule has 0 spiro atoms. The second kappa shape index (κ2) is 9.26. The highest BCUT2D eigenvalue weighted by molar-refractivity contribution is 6.32. The third-order valence-electron chi connectivity index (χ3n) is 5.22. The van der Waals surface area contributed by atoms with Crippen LogP contribution >= 0.6 is 11.6 Å². The van der Waals surface area contributed by atoms with Gasteiger partial charge in [-0.15, -0.1) is 0 Å². The van der Waals surface area contributed by atoms with Crippen LogP contribution in [0, 0.1) is 0 Å². The van der Waals surface area contributed by atoms with Crippen LogP contribution in [0.5, 0.6) is 17.2 Å². The number of pyridine rings is 1. The Bertz CT molecular complexity index is 1410. The van der Waals surface area contributed by atoms with Crippen molar-refractivity contribution in [1.82, 2.24) is 4.57 Å². The van der Waals surface area contributed by atoms with E-state index in [9.17, 15) is 9.59 Å². The van der Waals surface area contributed by atoms with E-state index < -0.39 is 5.91 Å². The summed E-state index contributed by atoms with van der Waals surface area (Å²) in [5.74, 6) is 0.970. The first-order valence-corrected chi connectivity index (χ1v) is 10.4. The van der Waals surface area contributed by atoms with Gasteiger partial charge in [0.2, 0.25) is 0 Å². The van der Waals surface area contributed by atoms with Crippen LogP contribution in [-0.2, 0) is 0 Å². The Morgan fingerprint density at radius 1 is 0.879 bits per heavy atom. The van der Waals surface area contributed by atoms with Gasteiger partial charge in [-0.05, 0) is 24.3 Å². The lowest BCUT2D eigenvalue weighted by molar-refractivity contribution is 0.102. The summed E-state index contributed by atoms with van der Waals surface area (Å²) in [6.45, 7) is 0. The van der Waals surface area contributed by atoms with Crippen LogP contribution in [0.25, 0.3) is 16.5 Å². The molecule has 1 heterocycles. The zero-order chi connectivity index (χ0) is 23.5. The quantitative estimate of drug-likeness (QED) is 0.438. The van der Waals surface area contributed by atoms with E-state index in [0.717, 1.165) is 0 Å². The SMILES string of the molecule is COc1cccc(-n2cc(C(=O)Nc3cc(Cl)c(OC)cc3OC)c3ccccc3c2=O)c1. The molecule has 4 aromatic rings. The second-order valence-corrected chi connectivity index (χ2v) is 7.51. The van der Waals surface area contributed by atoms with E-state index in [1.165, 1.54) is 25.0 Å². The van der Waals surface area contributed by atoms with Crippen molar-refractivity contribution in [3.05, 3.63) is 87.8 Å². The predicted octanol–water partition coefficient (Wildman–Crippen LogP) is 4.92. The summed E-state index contributed by atoms with van der Waals surface area (Å²) in [7, 11) is 4.53. The van der Waals surface area contributed by atoms with E-state index in [1.54, 1.807) is 67.8 Å². The number of hydrogen-bond acceptors (Lipinski definition) is 5. The number of carbonyl (C=O) groups is 1.